The van der Waals surface area contributed by atoms with Gasteiger partial charge in [0.25, 0.3) is 0 Å². The quantitative estimate of drug-likeness (QED) is 0.787. The van der Waals surface area contributed by atoms with Gasteiger partial charge in [-0.3, -0.25) is 4.90 Å². The van der Waals surface area contributed by atoms with Crippen molar-refractivity contribution in [3.8, 4) is 0 Å². The average molecular weight is 218 g/mol. The van der Waals surface area contributed by atoms with E-state index in [1.807, 2.05) is 6.07 Å². The molecule has 16 heavy (non-hydrogen) atoms. The van der Waals surface area contributed by atoms with Crippen molar-refractivity contribution in [3.05, 3.63) is 29.3 Å². The molecule has 88 valence electrons. The van der Waals surface area contributed by atoms with Crippen LogP contribution in [0.4, 0.5) is 5.69 Å². The van der Waals surface area contributed by atoms with Gasteiger partial charge in [-0.25, -0.2) is 0 Å². The molecule has 0 aliphatic carbocycles. The van der Waals surface area contributed by atoms with Crippen molar-refractivity contribution in [1.29, 1.82) is 0 Å². The second kappa shape index (κ2) is 4.88. The Morgan fingerprint density at radius 2 is 2.06 bits per heavy atom. The minimum absolute atomic E-state index is 0.802. The summed E-state index contributed by atoms with van der Waals surface area (Å²) in [6.07, 6.45) is 2.61. The molecule has 1 atom stereocenters. The molecule has 2 heteroatoms. The van der Waals surface area contributed by atoms with Gasteiger partial charge in [-0.1, -0.05) is 26.3 Å². The van der Waals surface area contributed by atoms with E-state index in [9.17, 15) is 0 Å². The van der Waals surface area contributed by atoms with Gasteiger partial charge in [-0.05, 0) is 35.6 Å². The fraction of sp³-hybridized carbons (Fsp3) is 0.571. The lowest BCUT2D eigenvalue weighted by molar-refractivity contribution is 0.237. The summed E-state index contributed by atoms with van der Waals surface area (Å²) in [5.41, 5.74) is 9.57. The van der Waals surface area contributed by atoms with Crippen molar-refractivity contribution >= 4 is 5.69 Å². The Hall–Kier alpha value is -1.02. The molecular formula is C14H22N2. The second-order valence-electron chi connectivity index (χ2n) is 5.09. The van der Waals surface area contributed by atoms with Crippen LogP contribution in [0.3, 0.4) is 0 Å². The first kappa shape index (κ1) is 11.5. The van der Waals surface area contributed by atoms with Gasteiger partial charge in [0.2, 0.25) is 0 Å². The Balaban J connectivity index is 1.95. The molecule has 0 aromatic heterocycles. The summed E-state index contributed by atoms with van der Waals surface area (Å²) < 4.78 is 0. The highest BCUT2D eigenvalue weighted by Crippen LogP contribution is 2.25. The van der Waals surface area contributed by atoms with E-state index in [4.69, 9.17) is 5.73 Å². The van der Waals surface area contributed by atoms with E-state index in [1.165, 1.54) is 30.5 Å². The smallest absolute Gasteiger partial charge is 0.0317 e. The van der Waals surface area contributed by atoms with Crippen LogP contribution in [0.5, 0.6) is 0 Å². The average Bonchev–Trinajstić information content (AvgIpc) is 2.59. The van der Waals surface area contributed by atoms with Crippen LogP contribution in [0, 0.1) is 5.92 Å². The maximum absolute atomic E-state index is 5.81. The van der Waals surface area contributed by atoms with E-state index in [0.29, 0.717) is 0 Å². The first-order valence-electron chi connectivity index (χ1n) is 6.28. The van der Waals surface area contributed by atoms with E-state index < -0.39 is 0 Å². The Labute approximate surface area is 98.4 Å². The molecule has 0 bridgehead atoms. The minimum atomic E-state index is 0.802. The number of hydrogen-bond donors (Lipinski definition) is 1. The molecule has 1 aliphatic rings. The van der Waals surface area contributed by atoms with Gasteiger partial charge in [-0.2, -0.15) is 0 Å². The number of benzene rings is 1. The van der Waals surface area contributed by atoms with Crippen LogP contribution in [0.2, 0.25) is 0 Å². The largest absolute Gasteiger partial charge is 0.399 e. The zero-order chi connectivity index (χ0) is 11.5. The summed E-state index contributed by atoms with van der Waals surface area (Å²) in [4.78, 5) is 2.53. The first-order valence-corrected chi connectivity index (χ1v) is 6.28. The van der Waals surface area contributed by atoms with Crippen LogP contribution in [-0.2, 0) is 13.1 Å². The van der Waals surface area contributed by atoms with Crippen molar-refractivity contribution in [3.63, 3.8) is 0 Å². The lowest BCUT2D eigenvalue weighted by Gasteiger charge is -2.19. The van der Waals surface area contributed by atoms with E-state index in [-0.39, 0.29) is 0 Å². The molecule has 1 heterocycles. The van der Waals surface area contributed by atoms with Crippen LogP contribution < -0.4 is 5.73 Å². The van der Waals surface area contributed by atoms with Crippen molar-refractivity contribution in [2.45, 2.75) is 39.8 Å². The van der Waals surface area contributed by atoms with Crippen molar-refractivity contribution in [1.82, 2.24) is 4.90 Å². The van der Waals surface area contributed by atoms with Crippen molar-refractivity contribution in [2.75, 3.05) is 12.3 Å². The summed E-state index contributed by atoms with van der Waals surface area (Å²) in [5, 5.41) is 0. The molecule has 0 saturated carbocycles. The molecule has 0 radical (unpaired) electrons. The number of nitrogens with two attached hydrogens (primary N) is 1. The van der Waals surface area contributed by atoms with Crippen LogP contribution in [0.25, 0.3) is 0 Å². The molecule has 2 N–H and O–H groups in total. The lowest BCUT2D eigenvalue weighted by atomic mass is 10.1. The Kier molecular flexibility index (Phi) is 3.49. The van der Waals surface area contributed by atoms with E-state index in [1.54, 1.807) is 0 Å². The van der Waals surface area contributed by atoms with Gasteiger partial charge in [0.15, 0.2) is 0 Å². The zero-order valence-electron chi connectivity index (χ0n) is 10.4. The molecule has 0 saturated heterocycles. The molecule has 2 nitrogen and oxygen atoms in total. The topological polar surface area (TPSA) is 29.3 Å². The fourth-order valence-electron chi connectivity index (χ4n) is 2.64. The van der Waals surface area contributed by atoms with Gasteiger partial charge < -0.3 is 5.73 Å². The second-order valence-corrected chi connectivity index (χ2v) is 5.09. The number of fused-ring (bicyclic) bond motifs is 1. The Morgan fingerprint density at radius 1 is 1.31 bits per heavy atom. The first-order chi connectivity index (χ1) is 7.69. The number of anilines is 1. The standard InChI is InChI=1S/C14H22N2/c1-3-4-11(2)8-16-9-12-5-6-14(15)7-13(12)10-16/h5-7,11H,3-4,8-10,15H2,1-2H3. The van der Waals surface area contributed by atoms with E-state index >= 15 is 0 Å². The third-order valence-corrected chi connectivity index (χ3v) is 3.37. The zero-order valence-corrected chi connectivity index (χ0v) is 10.4. The Bertz CT molecular complexity index is 360. The van der Waals surface area contributed by atoms with Gasteiger partial charge >= 0.3 is 0 Å². The third-order valence-electron chi connectivity index (χ3n) is 3.37. The summed E-state index contributed by atoms with van der Waals surface area (Å²) in [6, 6.07) is 6.31. The molecule has 0 fully saturated rings. The SMILES string of the molecule is CCCC(C)CN1Cc2ccc(N)cc2C1. The molecule has 0 amide bonds. The third kappa shape index (κ3) is 2.56. The van der Waals surface area contributed by atoms with E-state index in [2.05, 4.69) is 30.9 Å². The predicted octanol–water partition coefficient (Wildman–Crippen LogP) is 3.02. The van der Waals surface area contributed by atoms with Gasteiger partial charge in [0.1, 0.15) is 0 Å². The molecule has 0 spiro atoms. The monoisotopic (exact) mass is 218 g/mol. The van der Waals surface area contributed by atoms with Crippen LogP contribution in [0.1, 0.15) is 37.8 Å². The summed E-state index contributed by atoms with van der Waals surface area (Å²) in [6.45, 7) is 8.00. The number of rotatable bonds is 4. The molecule has 1 aliphatic heterocycles. The molecule has 1 aromatic rings. The highest BCUT2D eigenvalue weighted by molar-refractivity contribution is 5.46. The minimum Gasteiger partial charge on any atom is -0.399 e. The van der Waals surface area contributed by atoms with Gasteiger partial charge in [0, 0.05) is 25.3 Å². The molecule has 2 rings (SSSR count). The lowest BCUT2D eigenvalue weighted by Crippen LogP contribution is -2.22. The van der Waals surface area contributed by atoms with E-state index in [0.717, 1.165) is 24.7 Å². The van der Waals surface area contributed by atoms with Crippen LogP contribution in [-0.4, -0.2) is 11.4 Å². The van der Waals surface area contributed by atoms with Crippen molar-refractivity contribution in [2.24, 2.45) is 5.92 Å². The molecular weight excluding hydrogens is 196 g/mol. The van der Waals surface area contributed by atoms with Gasteiger partial charge in [0.05, 0.1) is 0 Å². The highest BCUT2D eigenvalue weighted by Gasteiger charge is 2.19. The Morgan fingerprint density at radius 3 is 2.81 bits per heavy atom. The normalized spacial score (nSPS) is 17.4. The molecule has 1 aromatic carbocycles. The maximum Gasteiger partial charge on any atom is 0.0317 e. The summed E-state index contributed by atoms with van der Waals surface area (Å²) >= 11 is 0. The summed E-state index contributed by atoms with van der Waals surface area (Å²) in [7, 11) is 0. The van der Waals surface area contributed by atoms with Crippen molar-refractivity contribution < 1.29 is 0 Å². The fourth-order valence-corrected chi connectivity index (χ4v) is 2.64. The summed E-state index contributed by atoms with van der Waals surface area (Å²) in [5.74, 6) is 0.802. The maximum atomic E-state index is 5.81. The number of nitrogens with zero attached hydrogens (tertiary/aromatic N) is 1. The number of nitrogen functional groups attached to an aromatic ring is 1. The molecule has 1 unspecified atom stereocenters. The van der Waals surface area contributed by atoms with Gasteiger partial charge in [-0.15, -0.1) is 0 Å². The van der Waals surface area contributed by atoms with Crippen LogP contribution >= 0.6 is 0 Å². The highest BCUT2D eigenvalue weighted by atomic mass is 15.1. The number of hydrogen-bond acceptors (Lipinski definition) is 2. The predicted molar refractivity (Wildman–Crippen MR) is 69.0 cm³/mol. The van der Waals surface area contributed by atoms with Crippen LogP contribution in [0.15, 0.2) is 18.2 Å².